The molecule has 4 rings (SSSR count). The van der Waals surface area contributed by atoms with E-state index in [1.165, 1.54) is 10.4 Å². The number of amides is 1. The number of hydrogen-bond acceptors (Lipinski definition) is 5. The summed E-state index contributed by atoms with van der Waals surface area (Å²) in [6, 6.07) is 19.9. The third-order valence-corrected chi connectivity index (χ3v) is 4.73. The van der Waals surface area contributed by atoms with Gasteiger partial charge < -0.3 is 5.32 Å². The van der Waals surface area contributed by atoms with Crippen molar-refractivity contribution in [3.8, 4) is 11.4 Å². The summed E-state index contributed by atoms with van der Waals surface area (Å²) in [6.45, 7) is 0.0107. The number of carbonyl (C=O) groups is 1. The van der Waals surface area contributed by atoms with Crippen molar-refractivity contribution >= 4 is 22.9 Å². The first-order valence-corrected chi connectivity index (χ1v) is 9.44. The van der Waals surface area contributed by atoms with Crippen molar-refractivity contribution in [3.05, 3.63) is 82.6 Å². The molecule has 0 saturated carbocycles. The quantitative estimate of drug-likeness (QED) is 0.558. The number of benzene rings is 2. The van der Waals surface area contributed by atoms with Crippen molar-refractivity contribution in [3.63, 3.8) is 0 Å². The number of thiophene rings is 1. The highest BCUT2D eigenvalue weighted by Crippen LogP contribution is 2.19. The van der Waals surface area contributed by atoms with Gasteiger partial charge in [-0.25, -0.2) is 0 Å². The van der Waals surface area contributed by atoms with Crippen LogP contribution in [-0.4, -0.2) is 26.1 Å². The summed E-state index contributed by atoms with van der Waals surface area (Å²) >= 11 is 1.57. The minimum Gasteiger partial charge on any atom is -0.324 e. The van der Waals surface area contributed by atoms with Gasteiger partial charge in [0.25, 0.3) is 0 Å². The standard InChI is InChI=1S/C20H17N5OS/c26-19(13-25-23-20(22-24-25)17-10-11-27-14-17)21-18-9-5-4-8-16(18)12-15-6-2-1-3-7-15/h1-11,14H,12-13H2,(H,21,26). The first-order valence-electron chi connectivity index (χ1n) is 8.50. The largest absolute Gasteiger partial charge is 0.324 e. The van der Waals surface area contributed by atoms with Gasteiger partial charge in [-0.3, -0.25) is 4.79 Å². The van der Waals surface area contributed by atoms with Gasteiger partial charge in [0, 0.05) is 16.6 Å². The SMILES string of the molecule is O=C(Cn1nnc(-c2ccsc2)n1)Nc1ccccc1Cc1ccccc1. The Kier molecular flexibility index (Phi) is 5.02. The van der Waals surface area contributed by atoms with E-state index in [4.69, 9.17) is 0 Å². The van der Waals surface area contributed by atoms with Gasteiger partial charge in [0.2, 0.25) is 11.7 Å². The molecule has 2 heterocycles. The van der Waals surface area contributed by atoms with E-state index in [-0.39, 0.29) is 12.5 Å². The molecular weight excluding hydrogens is 358 g/mol. The van der Waals surface area contributed by atoms with Crippen LogP contribution in [0.1, 0.15) is 11.1 Å². The fraction of sp³-hybridized carbons (Fsp3) is 0.100. The number of carbonyl (C=O) groups excluding carboxylic acids is 1. The van der Waals surface area contributed by atoms with Gasteiger partial charge in [-0.15, -0.1) is 10.2 Å². The van der Waals surface area contributed by atoms with Gasteiger partial charge in [0.1, 0.15) is 6.54 Å². The van der Waals surface area contributed by atoms with Crippen LogP contribution in [0, 0.1) is 0 Å². The summed E-state index contributed by atoms with van der Waals surface area (Å²) in [5, 5.41) is 19.1. The Morgan fingerprint density at radius 2 is 1.85 bits per heavy atom. The predicted octanol–water partition coefficient (Wildman–Crippen LogP) is 3.63. The molecule has 0 saturated heterocycles. The van der Waals surface area contributed by atoms with Gasteiger partial charge in [-0.2, -0.15) is 16.1 Å². The Hall–Kier alpha value is -3.32. The molecule has 0 fully saturated rings. The summed E-state index contributed by atoms with van der Waals surface area (Å²) in [5.41, 5.74) is 3.95. The Balaban J connectivity index is 1.44. The van der Waals surface area contributed by atoms with Crippen LogP contribution >= 0.6 is 11.3 Å². The minimum atomic E-state index is -0.190. The number of para-hydroxylation sites is 1. The van der Waals surface area contributed by atoms with Crippen molar-refractivity contribution in [1.29, 1.82) is 0 Å². The molecule has 0 unspecified atom stereocenters. The summed E-state index contributed by atoms with van der Waals surface area (Å²) < 4.78 is 0. The molecule has 0 atom stereocenters. The van der Waals surface area contributed by atoms with E-state index >= 15 is 0 Å². The van der Waals surface area contributed by atoms with E-state index in [0.717, 1.165) is 23.2 Å². The molecule has 0 aliphatic heterocycles. The maximum atomic E-state index is 12.4. The van der Waals surface area contributed by atoms with E-state index < -0.39 is 0 Å². The van der Waals surface area contributed by atoms with Crippen LogP contribution in [0.4, 0.5) is 5.69 Å². The normalized spacial score (nSPS) is 10.7. The summed E-state index contributed by atoms with van der Waals surface area (Å²) in [5.74, 6) is 0.332. The Bertz CT molecular complexity index is 1030. The first-order chi connectivity index (χ1) is 13.3. The molecule has 1 amide bonds. The number of rotatable bonds is 6. The van der Waals surface area contributed by atoms with Crippen LogP contribution in [-0.2, 0) is 17.8 Å². The second-order valence-corrected chi connectivity index (χ2v) is 6.80. The third kappa shape index (κ3) is 4.27. The molecule has 27 heavy (non-hydrogen) atoms. The van der Waals surface area contributed by atoms with Gasteiger partial charge in [-0.05, 0) is 40.3 Å². The Morgan fingerprint density at radius 1 is 1.04 bits per heavy atom. The zero-order valence-corrected chi connectivity index (χ0v) is 15.3. The fourth-order valence-corrected chi connectivity index (χ4v) is 3.38. The molecule has 0 radical (unpaired) electrons. The lowest BCUT2D eigenvalue weighted by Gasteiger charge is -2.11. The summed E-state index contributed by atoms with van der Waals surface area (Å²) in [6.07, 6.45) is 0.751. The van der Waals surface area contributed by atoms with Gasteiger partial charge in [0.15, 0.2) is 0 Å². The molecule has 4 aromatic rings. The molecule has 6 nitrogen and oxygen atoms in total. The van der Waals surface area contributed by atoms with Crippen LogP contribution in [0.25, 0.3) is 11.4 Å². The lowest BCUT2D eigenvalue weighted by atomic mass is 10.0. The first kappa shape index (κ1) is 17.1. The van der Waals surface area contributed by atoms with E-state index in [2.05, 4.69) is 32.9 Å². The molecule has 2 aromatic heterocycles. The molecule has 0 aliphatic rings. The highest BCUT2D eigenvalue weighted by molar-refractivity contribution is 7.08. The van der Waals surface area contributed by atoms with Crippen LogP contribution in [0.3, 0.4) is 0 Å². The number of nitrogens with one attached hydrogen (secondary N) is 1. The smallest absolute Gasteiger partial charge is 0.248 e. The maximum absolute atomic E-state index is 12.4. The number of tetrazole rings is 1. The van der Waals surface area contributed by atoms with Gasteiger partial charge in [0.05, 0.1) is 0 Å². The summed E-state index contributed by atoms with van der Waals surface area (Å²) in [4.78, 5) is 13.8. The minimum absolute atomic E-state index is 0.0107. The average Bonchev–Trinajstić information content (AvgIpc) is 3.36. The summed E-state index contributed by atoms with van der Waals surface area (Å²) in [7, 11) is 0. The van der Waals surface area contributed by atoms with Crippen molar-refractivity contribution in [2.24, 2.45) is 0 Å². The lowest BCUT2D eigenvalue weighted by molar-refractivity contribution is -0.117. The van der Waals surface area contributed by atoms with Crippen molar-refractivity contribution in [1.82, 2.24) is 20.2 Å². The van der Waals surface area contributed by atoms with E-state index in [1.807, 2.05) is 59.3 Å². The molecule has 7 heteroatoms. The van der Waals surface area contributed by atoms with E-state index in [1.54, 1.807) is 11.3 Å². The van der Waals surface area contributed by atoms with Crippen LogP contribution in [0.15, 0.2) is 71.4 Å². The second kappa shape index (κ2) is 7.92. The maximum Gasteiger partial charge on any atom is 0.248 e. The number of hydrogen-bond donors (Lipinski definition) is 1. The topological polar surface area (TPSA) is 72.7 Å². The van der Waals surface area contributed by atoms with E-state index in [0.29, 0.717) is 5.82 Å². The van der Waals surface area contributed by atoms with Crippen molar-refractivity contribution < 1.29 is 4.79 Å². The van der Waals surface area contributed by atoms with E-state index in [9.17, 15) is 4.79 Å². The van der Waals surface area contributed by atoms with Gasteiger partial charge in [-0.1, -0.05) is 48.5 Å². The van der Waals surface area contributed by atoms with Crippen molar-refractivity contribution in [2.45, 2.75) is 13.0 Å². The zero-order valence-electron chi connectivity index (χ0n) is 14.4. The Morgan fingerprint density at radius 3 is 2.67 bits per heavy atom. The zero-order chi connectivity index (χ0) is 18.5. The van der Waals surface area contributed by atoms with Crippen LogP contribution in [0.5, 0.6) is 0 Å². The molecule has 0 bridgehead atoms. The predicted molar refractivity (Wildman–Crippen MR) is 105 cm³/mol. The molecule has 0 aliphatic carbocycles. The average molecular weight is 375 g/mol. The molecule has 0 spiro atoms. The van der Waals surface area contributed by atoms with Crippen molar-refractivity contribution in [2.75, 3.05) is 5.32 Å². The number of anilines is 1. The second-order valence-electron chi connectivity index (χ2n) is 6.02. The Labute approximate surface area is 160 Å². The molecule has 1 N–H and O–H groups in total. The monoisotopic (exact) mass is 375 g/mol. The van der Waals surface area contributed by atoms with Gasteiger partial charge >= 0.3 is 0 Å². The third-order valence-electron chi connectivity index (χ3n) is 4.05. The number of nitrogens with zero attached hydrogens (tertiary/aromatic N) is 4. The highest BCUT2D eigenvalue weighted by atomic mass is 32.1. The molecule has 2 aromatic carbocycles. The fourth-order valence-electron chi connectivity index (χ4n) is 2.75. The van der Waals surface area contributed by atoms with Crippen LogP contribution < -0.4 is 5.32 Å². The molecule has 134 valence electrons. The number of aromatic nitrogens is 4. The highest BCUT2D eigenvalue weighted by Gasteiger charge is 2.11. The lowest BCUT2D eigenvalue weighted by Crippen LogP contribution is -2.21. The van der Waals surface area contributed by atoms with Crippen LogP contribution in [0.2, 0.25) is 0 Å². The molecular formula is C20H17N5OS.